The summed E-state index contributed by atoms with van der Waals surface area (Å²) < 4.78 is 23.4. The maximum absolute atomic E-state index is 11.7. The number of rotatable bonds is 6. The smallest absolute Gasteiger partial charge is 0.229 e. The molecule has 11 heteroatoms. The van der Waals surface area contributed by atoms with E-state index in [9.17, 15) is 8.42 Å². The Balaban J connectivity index is 0.00000272. The number of halogens is 2. The topological polar surface area (TPSA) is 109 Å². The van der Waals surface area contributed by atoms with E-state index in [0.717, 1.165) is 31.5 Å². The Morgan fingerprint density at radius 2 is 2.00 bits per heavy atom. The minimum absolute atomic E-state index is 0. The van der Waals surface area contributed by atoms with Crippen LogP contribution in [0.2, 0.25) is 5.02 Å². The Morgan fingerprint density at radius 3 is 2.81 bits per heavy atom. The summed E-state index contributed by atoms with van der Waals surface area (Å²) in [5, 5.41) is 10.1. The zero-order valence-electron chi connectivity index (χ0n) is 16.7. The second-order valence-electron chi connectivity index (χ2n) is 7.02. The summed E-state index contributed by atoms with van der Waals surface area (Å²) in [6.45, 7) is 2.12. The van der Waals surface area contributed by atoms with Crippen LogP contribution >= 0.6 is 24.0 Å². The number of aromatic nitrogens is 3. The van der Waals surface area contributed by atoms with Crippen molar-refractivity contribution in [1.29, 1.82) is 0 Å². The lowest BCUT2D eigenvalue weighted by atomic mass is 10.0. The highest BCUT2D eigenvalue weighted by Gasteiger charge is 2.12. The molecule has 0 spiro atoms. The van der Waals surface area contributed by atoms with Crippen LogP contribution in [0, 0.1) is 0 Å². The summed E-state index contributed by atoms with van der Waals surface area (Å²) in [6.07, 6.45) is 3.63. The van der Waals surface area contributed by atoms with Gasteiger partial charge in [-0.25, -0.2) is 18.4 Å². The Morgan fingerprint density at radius 1 is 1.16 bits per heavy atom. The van der Waals surface area contributed by atoms with Gasteiger partial charge in [-0.15, -0.1) is 12.4 Å². The van der Waals surface area contributed by atoms with Crippen molar-refractivity contribution in [2.24, 2.45) is 0 Å². The van der Waals surface area contributed by atoms with Crippen LogP contribution in [-0.4, -0.2) is 36.2 Å². The van der Waals surface area contributed by atoms with E-state index in [1.807, 2.05) is 6.07 Å². The van der Waals surface area contributed by atoms with Crippen molar-refractivity contribution in [3.8, 4) is 0 Å². The third-order valence-corrected chi connectivity index (χ3v) is 5.95. The van der Waals surface area contributed by atoms with E-state index in [1.165, 1.54) is 23.4 Å². The van der Waals surface area contributed by atoms with Crippen molar-refractivity contribution >= 4 is 51.3 Å². The predicted molar refractivity (Wildman–Crippen MR) is 124 cm³/mol. The highest BCUT2D eigenvalue weighted by atomic mass is 35.5. The highest BCUT2D eigenvalue weighted by molar-refractivity contribution is 7.90. The zero-order valence-corrected chi connectivity index (χ0v) is 19.1. The van der Waals surface area contributed by atoms with Crippen LogP contribution in [0.4, 0.5) is 17.5 Å². The first-order valence-electron chi connectivity index (χ1n) is 9.40. The van der Waals surface area contributed by atoms with Gasteiger partial charge in [-0.3, -0.25) is 0 Å². The minimum Gasteiger partial charge on any atom is -0.363 e. The summed E-state index contributed by atoms with van der Waals surface area (Å²) in [5.74, 6) is 0.844. The average molecular weight is 481 g/mol. The monoisotopic (exact) mass is 480 g/mol. The highest BCUT2D eigenvalue weighted by Crippen LogP contribution is 2.24. The summed E-state index contributed by atoms with van der Waals surface area (Å²) in [7, 11) is -3.37. The van der Waals surface area contributed by atoms with Crippen molar-refractivity contribution in [2.75, 3.05) is 23.4 Å². The lowest BCUT2D eigenvalue weighted by Gasteiger charge is -2.18. The van der Waals surface area contributed by atoms with Crippen molar-refractivity contribution in [1.82, 2.24) is 20.3 Å². The molecule has 8 nitrogen and oxygen atoms in total. The van der Waals surface area contributed by atoms with Crippen LogP contribution in [0.3, 0.4) is 0 Å². The molecule has 1 aliphatic heterocycles. The molecule has 2 aromatic heterocycles. The second-order valence-corrected chi connectivity index (χ2v) is 9.39. The fraction of sp³-hybridized carbons (Fsp3) is 0.250. The van der Waals surface area contributed by atoms with Crippen LogP contribution in [-0.2, 0) is 29.3 Å². The van der Waals surface area contributed by atoms with Crippen LogP contribution in [0.1, 0.15) is 16.8 Å². The Bertz CT molecular complexity index is 1190. The molecule has 0 saturated carbocycles. The van der Waals surface area contributed by atoms with E-state index in [0.29, 0.717) is 22.5 Å². The molecule has 3 N–H and O–H groups in total. The number of sulfone groups is 1. The lowest BCUT2D eigenvalue weighted by Crippen LogP contribution is -2.23. The molecule has 0 fully saturated rings. The molecule has 0 bridgehead atoms. The molecule has 3 heterocycles. The molecule has 1 aromatic carbocycles. The van der Waals surface area contributed by atoms with Gasteiger partial charge in [0.25, 0.3) is 0 Å². The fourth-order valence-corrected chi connectivity index (χ4v) is 3.94. The standard InChI is InChI=1S/C20H21ClN6O2S.ClH/c1-30(28,29)18-4-2-3-16(25-18)11-23-19-17(21)12-24-20(27-19)26-15-6-5-14-10-22-8-7-13(14)9-15;/h2-6,9,12,22H,7-8,10-11H2,1H3,(H2,23,24,26,27);1H. The van der Waals surface area contributed by atoms with Crippen molar-refractivity contribution < 1.29 is 8.42 Å². The second kappa shape index (κ2) is 9.78. The van der Waals surface area contributed by atoms with Gasteiger partial charge < -0.3 is 16.0 Å². The number of nitrogens with one attached hydrogen (secondary N) is 3. The first-order chi connectivity index (χ1) is 14.4. The quantitative estimate of drug-likeness (QED) is 0.492. The summed E-state index contributed by atoms with van der Waals surface area (Å²) >= 11 is 6.23. The molecular formula is C20H22Cl2N6O2S. The van der Waals surface area contributed by atoms with Gasteiger partial charge in [0.2, 0.25) is 5.95 Å². The normalized spacial score (nSPS) is 13.1. The molecule has 0 unspecified atom stereocenters. The lowest BCUT2D eigenvalue weighted by molar-refractivity contribution is 0.597. The van der Waals surface area contributed by atoms with Gasteiger partial charge in [0.05, 0.1) is 18.4 Å². The van der Waals surface area contributed by atoms with Gasteiger partial charge in [-0.2, -0.15) is 4.98 Å². The Kier molecular flexibility index (Phi) is 7.32. The zero-order chi connectivity index (χ0) is 21.1. The molecule has 3 aromatic rings. The van der Waals surface area contributed by atoms with Crippen molar-refractivity contribution in [3.05, 3.63) is 64.4 Å². The molecule has 0 aliphatic carbocycles. The van der Waals surface area contributed by atoms with Crippen molar-refractivity contribution in [3.63, 3.8) is 0 Å². The SMILES string of the molecule is CS(=O)(=O)c1cccc(CNc2nc(Nc3ccc4c(c3)CCNC4)ncc2Cl)n1.Cl. The van der Waals surface area contributed by atoms with E-state index in [2.05, 4.69) is 43.0 Å². The first-order valence-corrected chi connectivity index (χ1v) is 11.7. The number of hydrogen-bond donors (Lipinski definition) is 3. The maximum Gasteiger partial charge on any atom is 0.229 e. The van der Waals surface area contributed by atoms with Crippen molar-refractivity contribution in [2.45, 2.75) is 24.5 Å². The third-order valence-electron chi connectivity index (χ3n) is 4.69. The van der Waals surface area contributed by atoms with E-state index < -0.39 is 9.84 Å². The van der Waals surface area contributed by atoms with Crippen LogP contribution < -0.4 is 16.0 Å². The number of nitrogens with zero attached hydrogens (tertiary/aromatic N) is 3. The van der Waals surface area contributed by atoms with Gasteiger partial charge in [0.1, 0.15) is 5.02 Å². The number of anilines is 3. The fourth-order valence-electron chi connectivity index (χ4n) is 3.17. The van der Waals surface area contributed by atoms with Gasteiger partial charge in [0.15, 0.2) is 20.7 Å². The summed E-state index contributed by atoms with van der Waals surface area (Å²) in [6, 6.07) is 11.1. The van der Waals surface area contributed by atoms with Crippen LogP contribution in [0.15, 0.2) is 47.6 Å². The van der Waals surface area contributed by atoms with E-state index in [1.54, 1.807) is 12.1 Å². The molecule has 4 rings (SSSR count). The van der Waals surface area contributed by atoms with Gasteiger partial charge in [-0.1, -0.05) is 23.7 Å². The van der Waals surface area contributed by atoms with Gasteiger partial charge in [0, 0.05) is 18.5 Å². The molecule has 31 heavy (non-hydrogen) atoms. The Labute approximate surface area is 192 Å². The summed E-state index contributed by atoms with van der Waals surface area (Å²) in [5.41, 5.74) is 4.08. The molecule has 0 amide bonds. The molecule has 0 radical (unpaired) electrons. The molecule has 1 aliphatic rings. The first kappa shape index (κ1) is 23.2. The third kappa shape index (κ3) is 5.82. The van der Waals surface area contributed by atoms with E-state index in [4.69, 9.17) is 11.6 Å². The molecule has 0 saturated heterocycles. The number of benzene rings is 1. The van der Waals surface area contributed by atoms with Gasteiger partial charge >= 0.3 is 0 Å². The van der Waals surface area contributed by atoms with Crippen LogP contribution in [0.25, 0.3) is 0 Å². The van der Waals surface area contributed by atoms with E-state index >= 15 is 0 Å². The Hall–Kier alpha value is -2.46. The number of pyridine rings is 1. The van der Waals surface area contributed by atoms with E-state index in [-0.39, 0.29) is 24.0 Å². The van der Waals surface area contributed by atoms with Crippen LogP contribution in [0.5, 0.6) is 0 Å². The predicted octanol–water partition coefficient (Wildman–Crippen LogP) is 3.35. The molecule has 0 atom stereocenters. The number of fused-ring (bicyclic) bond motifs is 1. The minimum atomic E-state index is -3.37. The maximum atomic E-state index is 11.7. The molecular weight excluding hydrogens is 459 g/mol. The average Bonchev–Trinajstić information content (AvgIpc) is 2.73. The summed E-state index contributed by atoms with van der Waals surface area (Å²) in [4.78, 5) is 12.9. The molecule has 164 valence electrons. The van der Waals surface area contributed by atoms with Gasteiger partial charge in [-0.05, 0) is 48.4 Å². The largest absolute Gasteiger partial charge is 0.363 e. The number of hydrogen-bond acceptors (Lipinski definition) is 8.